The van der Waals surface area contributed by atoms with Crippen LogP contribution in [0.3, 0.4) is 0 Å². The van der Waals surface area contributed by atoms with Crippen molar-refractivity contribution in [2.45, 2.75) is 174 Å². The quantitative estimate of drug-likeness (QED) is 0.0283. The zero-order valence-electron chi connectivity index (χ0n) is 37.3. The molecule has 0 spiro atoms. The number of hydrogen-bond donors (Lipinski definition) is 0. The molecule has 2 aromatic rings. The van der Waals surface area contributed by atoms with E-state index in [9.17, 15) is 19.2 Å². The molecule has 1 fully saturated rings. The summed E-state index contributed by atoms with van der Waals surface area (Å²) >= 11 is 0. The van der Waals surface area contributed by atoms with Crippen molar-refractivity contribution in [2.75, 3.05) is 20.3 Å². The summed E-state index contributed by atoms with van der Waals surface area (Å²) in [4.78, 5) is 46.7. The lowest BCUT2D eigenvalue weighted by molar-refractivity contribution is -0.152. The second-order valence-electron chi connectivity index (χ2n) is 16.9. The van der Waals surface area contributed by atoms with Gasteiger partial charge in [-0.25, -0.2) is 9.59 Å². The number of carbonyl (C=O) groups excluding carboxylic acids is 4. The highest BCUT2D eigenvalue weighted by atomic mass is 16.6. The van der Waals surface area contributed by atoms with Crippen LogP contribution in [0.15, 0.2) is 60.7 Å². The Balaban J connectivity index is 0.000000632. The average Bonchev–Trinajstić information content (AvgIpc) is 3.21. The minimum atomic E-state index is -0.454. The number of esters is 3. The average molecular weight is 823 g/mol. The van der Waals surface area contributed by atoms with Crippen molar-refractivity contribution in [1.82, 2.24) is 0 Å². The highest BCUT2D eigenvalue weighted by Gasteiger charge is 2.28. The van der Waals surface area contributed by atoms with Gasteiger partial charge in [0.2, 0.25) is 0 Å². The molecule has 0 saturated heterocycles. The van der Waals surface area contributed by atoms with Crippen LogP contribution in [0.1, 0.15) is 167 Å². The smallest absolute Gasteiger partial charge is 0.343 e. The molecule has 1 aliphatic rings. The summed E-state index contributed by atoms with van der Waals surface area (Å²) in [6, 6.07) is 13.5. The van der Waals surface area contributed by atoms with Crippen molar-refractivity contribution in [2.24, 2.45) is 5.92 Å². The molecule has 330 valence electrons. The van der Waals surface area contributed by atoms with Gasteiger partial charge in [0, 0.05) is 25.7 Å². The van der Waals surface area contributed by atoms with E-state index in [1.165, 1.54) is 32.1 Å². The molecule has 0 atom stereocenters. The first-order valence-electron chi connectivity index (χ1n) is 21.9. The predicted molar refractivity (Wildman–Crippen MR) is 233 cm³/mol. The van der Waals surface area contributed by atoms with Crippen LogP contribution in [0.5, 0.6) is 17.2 Å². The summed E-state index contributed by atoms with van der Waals surface area (Å²) in [5, 5.41) is 0. The van der Waals surface area contributed by atoms with Gasteiger partial charge < -0.3 is 33.2 Å². The van der Waals surface area contributed by atoms with Crippen LogP contribution < -0.4 is 14.2 Å². The lowest BCUT2D eigenvalue weighted by Gasteiger charge is -2.27. The molecule has 2 aromatic carbocycles. The van der Waals surface area contributed by atoms with E-state index in [0.29, 0.717) is 35.7 Å². The van der Waals surface area contributed by atoms with E-state index in [0.717, 1.165) is 95.7 Å². The van der Waals surface area contributed by atoms with Gasteiger partial charge in [0.15, 0.2) is 0 Å². The molecule has 0 radical (unpaired) electrons. The standard InChI is InChI=1S/C36H52O7.C13H22O3/c1-5-6-7-11-26-40-30-17-13-28(14-18-30)34(37)42-32-21-23-33(24-22-32)43-35(38)29-15-19-31(20-16-29)41-27-12-9-8-10-25-36(2,3)39-4;1-11(2)12(15)16-13(3,4)9-7-5-6-8-10-14/h13-14,17-18,21-24,29,31H,5-12,15-16,19-20,25-27H2,1-4H3;10H,1,5-9H2,2-4H3. The van der Waals surface area contributed by atoms with Gasteiger partial charge in [0.25, 0.3) is 0 Å². The maximum Gasteiger partial charge on any atom is 0.343 e. The number of hydrogen-bond acceptors (Lipinski definition) is 10. The number of unbranched alkanes of at least 4 members (excludes halogenated alkanes) is 9. The Hall–Kier alpha value is -4.02. The number of rotatable bonds is 27. The molecule has 0 unspecified atom stereocenters. The normalized spacial score (nSPS) is 15.3. The van der Waals surface area contributed by atoms with Crippen molar-refractivity contribution in [3.63, 3.8) is 0 Å². The molecule has 0 heterocycles. The van der Waals surface area contributed by atoms with Gasteiger partial charge in [-0.3, -0.25) is 4.79 Å². The Morgan fingerprint density at radius 3 is 1.83 bits per heavy atom. The van der Waals surface area contributed by atoms with Crippen molar-refractivity contribution in [3.8, 4) is 17.2 Å². The molecular weight excluding hydrogens is 749 g/mol. The van der Waals surface area contributed by atoms with Crippen LogP contribution >= 0.6 is 0 Å². The van der Waals surface area contributed by atoms with E-state index in [4.69, 9.17) is 28.4 Å². The molecule has 10 heteroatoms. The highest BCUT2D eigenvalue weighted by Crippen LogP contribution is 2.29. The molecule has 10 nitrogen and oxygen atoms in total. The second kappa shape index (κ2) is 28.4. The molecule has 59 heavy (non-hydrogen) atoms. The van der Waals surface area contributed by atoms with Gasteiger partial charge in [-0.2, -0.15) is 0 Å². The minimum Gasteiger partial charge on any atom is -0.494 e. The van der Waals surface area contributed by atoms with Gasteiger partial charge in [0.05, 0.1) is 29.8 Å². The Bertz CT molecular complexity index is 1500. The fraction of sp³-hybridized carbons (Fsp3) is 0.633. The lowest BCUT2D eigenvalue weighted by atomic mass is 9.87. The van der Waals surface area contributed by atoms with E-state index >= 15 is 0 Å². The number of methoxy groups -OCH3 is 1. The molecule has 0 N–H and O–H groups in total. The monoisotopic (exact) mass is 823 g/mol. The molecule has 0 amide bonds. The van der Waals surface area contributed by atoms with Gasteiger partial charge in [0.1, 0.15) is 29.1 Å². The van der Waals surface area contributed by atoms with Crippen LogP contribution in [-0.4, -0.2) is 61.8 Å². The third-order valence-electron chi connectivity index (χ3n) is 10.5. The molecule has 3 rings (SSSR count). The van der Waals surface area contributed by atoms with Crippen LogP contribution in [0.4, 0.5) is 0 Å². The first-order chi connectivity index (χ1) is 28.2. The second-order valence-corrected chi connectivity index (χ2v) is 16.9. The molecule has 0 bridgehead atoms. The SMILES string of the molecule is C=C(C)C(=O)OC(C)(C)CCCCCC=O.CCCCCCOc1ccc(C(=O)Oc2ccc(OC(=O)C3CCC(OCCCCCCC(C)(C)OC)CC3)cc2)cc1. The molecular formula is C49H74O10. The highest BCUT2D eigenvalue weighted by molar-refractivity contribution is 5.91. The van der Waals surface area contributed by atoms with Crippen molar-refractivity contribution >= 4 is 24.2 Å². The van der Waals surface area contributed by atoms with E-state index in [1.807, 2.05) is 13.8 Å². The minimum absolute atomic E-state index is 0.0361. The number of benzene rings is 2. The molecule has 0 aliphatic heterocycles. The number of carbonyl (C=O) groups is 4. The summed E-state index contributed by atoms with van der Waals surface area (Å²) < 4.78 is 33.7. The first-order valence-corrected chi connectivity index (χ1v) is 21.9. The maximum absolute atomic E-state index is 12.7. The van der Waals surface area contributed by atoms with E-state index in [2.05, 4.69) is 27.4 Å². The van der Waals surface area contributed by atoms with E-state index < -0.39 is 11.6 Å². The van der Waals surface area contributed by atoms with Crippen LogP contribution in [-0.2, 0) is 28.6 Å². The topological polar surface area (TPSA) is 124 Å². The summed E-state index contributed by atoms with van der Waals surface area (Å²) in [6.07, 6.45) is 19.0. The number of aldehydes is 1. The largest absolute Gasteiger partial charge is 0.494 e. The van der Waals surface area contributed by atoms with Crippen LogP contribution in [0, 0.1) is 5.92 Å². The first kappa shape index (κ1) is 51.1. The fourth-order valence-electron chi connectivity index (χ4n) is 6.52. The zero-order chi connectivity index (χ0) is 43.5. The molecule has 1 aliphatic carbocycles. The fourth-order valence-corrected chi connectivity index (χ4v) is 6.52. The van der Waals surface area contributed by atoms with E-state index in [1.54, 1.807) is 62.6 Å². The lowest BCUT2D eigenvalue weighted by Crippen LogP contribution is -2.29. The molecule has 1 saturated carbocycles. The number of ether oxygens (including phenoxy) is 6. The van der Waals surface area contributed by atoms with Gasteiger partial charge in [-0.15, -0.1) is 0 Å². The molecule has 0 aromatic heterocycles. The Morgan fingerprint density at radius 2 is 1.24 bits per heavy atom. The Labute approximate surface area is 355 Å². The third-order valence-corrected chi connectivity index (χ3v) is 10.5. The Kier molecular flexibility index (Phi) is 24.6. The Morgan fingerprint density at radius 1 is 0.695 bits per heavy atom. The summed E-state index contributed by atoms with van der Waals surface area (Å²) in [5.74, 6) is 0.446. The predicted octanol–water partition coefficient (Wildman–Crippen LogP) is 11.8. The van der Waals surface area contributed by atoms with Crippen molar-refractivity contribution in [1.29, 1.82) is 0 Å². The zero-order valence-corrected chi connectivity index (χ0v) is 37.3. The van der Waals surface area contributed by atoms with Crippen molar-refractivity contribution < 1.29 is 47.6 Å². The third kappa shape index (κ3) is 22.8. The summed E-state index contributed by atoms with van der Waals surface area (Å²) in [6.45, 7) is 16.9. The van der Waals surface area contributed by atoms with E-state index in [-0.39, 0.29) is 29.6 Å². The summed E-state index contributed by atoms with van der Waals surface area (Å²) in [5.41, 5.74) is 0.382. The summed E-state index contributed by atoms with van der Waals surface area (Å²) in [7, 11) is 1.77. The van der Waals surface area contributed by atoms with Gasteiger partial charge in [-0.05, 0) is 147 Å². The van der Waals surface area contributed by atoms with Crippen molar-refractivity contribution in [3.05, 3.63) is 66.2 Å². The van der Waals surface area contributed by atoms with Gasteiger partial charge >= 0.3 is 17.9 Å². The maximum atomic E-state index is 12.7. The van der Waals surface area contributed by atoms with Crippen LogP contribution in [0.25, 0.3) is 0 Å². The van der Waals surface area contributed by atoms with Crippen LogP contribution in [0.2, 0.25) is 0 Å². The van der Waals surface area contributed by atoms with Gasteiger partial charge in [-0.1, -0.05) is 58.4 Å².